The molecule has 1 aromatic rings. The van der Waals surface area contributed by atoms with Crippen molar-refractivity contribution in [1.82, 2.24) is 9.21 Å². The van der Waals surface area contributed by atoms with Gasteiger partial charge in [0.2, 0.25) is 10.0 Å². The van der Waals surface area contributed by atoms with Crippen LogP contribution in [0.15, 0.2) is 23.1 Å². The molecule has 0 spiro atoms. The first-order valence-electron chi connectivity index (χ1n) is 7.41. The molecular formula is C15H23N3O4S. The Kier molecular flexibility index (Phi) is 5.28. The van der Waals surface area contributed by atoms with Gasteiger partial charge in [-0.2, -0.15) is 4.31 Å². The van der Waals surface area contributed by atoms with Gasteiger partial charge in [-0.05, 0) is 45.1 Å². The minimum absolute atomic E-state index is 0.0652. The standard InChI is InChI=1S/C15H23N3O4S/c1-17(2)11-6-8-18(9-7-11)23(20,21)12-4-5-14(22-3)13(10-12)15(16)19/h4-5,10-11H,6-9H2,1-3H3,(H2,16,19). The average Bonchev–Trinajstić information content (AvgIpc) is 2.54. The minimum atomic E-state index is -3.64. The fraction of sp³-hybridized carbons (Fsp3) is 0.533. The van der Waals surface area contributed by atoms with Crippen molar-refractivity contribution in [3.63, 3.8) is 0 Å². The zero-order chi connectivity index (χ0) is 17.2. The van der Waals surface area contributed by atoms with Gasteiger partial charge in [0, 0.05) is 19.1 Å². The van der Waals surface area contributed by atoms with Gasteiger partial charge in [0.05, 0.1) is 17.6 Å². The largest absolute Gasteiger partial charge is 0.496 e. The van der Waals surface area contributed by atoms with Crippen LogP contribution in [0.5, 0.6) is 5.75 Å². The maximum atomic E-state index is 12.8. The highest BCUT2D eigenvalue weighted by Crippen LogP contribution is 2.26. The molecule has 23 heavy (non-hydrogen) atoms. The summed E-state index contributed by atoms with van der Waals surface area (Å²) < 4.78 is 32.0. The van der Waals surface area contributed by atoms with E-state index in [4.69, 9.17) is 10.5 Å². The number of methoxy groups -OCH3 is 1. The van der Waals surface area contributed by atoms with Crippen molar-refractivity contribution in [1.29, 1.82) is 0 Å². The minimum Gasteiger partial charge on any atom is -0.496 e. The lowest BCUT2D eigenvalue weighted by molar-refractivity contribution is 0.0997. The molecule has 0 aliphatic carbocycles. The Morgan fingerprint density at radius 1 is 1.30 bits per heavy atom. The van der Waals surface area contributed by atoms with Crippen LogP contribution >= 0.6 is 0 Å². The second-order valence-electron chi connectivity index (χ2n) is 5.83. The Labute approximate surface area is 137 Å². The molecule has 1 heterocycles. The molecule has 1 amide bonds. The Morgan fingerprint density at radius 3 is 2.39 bits per heavy atom. The van der Waals surface area contributed by atoms with Crippen LogP contribution < -0.4 is 10.5 Å². The van der Waals surface area contributed by atoms with Crippen LogP contribution in [0.25, 0.3) is 0 Å². The molecule has 7 nitrogen and oxygen atoms in total. The van der Waals surface area contributed by atoms with Gasteiger partial charge in [-0.25, -0.2) is 8.42 Å². The normalized spacial score (nSPS) is 17.4. The summed E-state index contributed by atoms with van der Waals surface area (Å²) in [6, 6.07) is 4.57. The van der Waals surface area contributed by atoms with Crippen LogP contribution in [0.3, 0.4) is 0 Å². The summed E-state index contributed by atoms with van der Waals surface area (Å²) in [5.74, 6) is -0.451. The van der Waals surface area contributed by atoms with Crippen molar-refractivity contribution < 1.29 is 17.9 Å². The third-order valence-corrected chi connectivity index (χ3v) is 6.12. The van der Waals surface area contributed by atoms with E-state index in [0.717, 1.165) is 12.8 Å². The van der Waals surface area contributed by atoms with Gasteiger partial charge < -0.3 is 15.4 Å². The smallest absolute Gasteiger partial charge is 0.252 e. The van der Waals surface area contributed by atoms with E-state index >= 15 is 0 Å². The molecule has 1 aliphatic heterocycles. The SMILES string of the molecule is COc1ccc(S(=O)(=O)N2CCC(N(C)C)CC2)cc1C(N)=O. The molecule has 128 valence electrons. The first kappa shape index (κ1) is 17.7. The van der Waals surface area contributed by atoms with E-state index in [1.165, 1.54) is 29.6 Å². The highest BCUT2D eigenvalue weighted by atomic mass is 32.2. The number of nitrogens with zero attached hydrogens (tertiary/aromatic N) is 2. The molecule has 0 saturated carbocycles. The van der Waals surface area contributed by atoms with Gasteiger partial charge in [0.1, 0.15) is 5.75 Å². The van der Waals surface area contributed by atoms with Crippen LogP contribution in [0.4, 0.5) is 0 Å². The zero-order valence-electron chi connectivity index (χ0n) is 13.7. The van der Waals surface area contributed by atoms with E-state index in [0.29, 0.717) is 19.1 Å². The van der Waals surface area contributed by atoms with Crippen LogP contribution in [-0.4, -0.2) is 63.9 Å². The summed E-state index contributed by atoms with van der Waals surface area (Å²) in [5, 5.41) is 0. The molecule has 1 aromatic carbocycles. The van der Waals surface area contributed by atoms with Gasteiger partial charge in [-0.3, -0.25) is 4.79 Å². The lowest BCUT2D eigenvalue weighted by atomic mass is 10.1. The van der Waals surface area contributed by atoms with Crippen LogP contribution in [0.1, 0.15) is 23.2 Å². The molecule has 1 aliphatic rings. The molecule has 0 radical (unpaired) electrons. The lowest BCUT2D eigenvalue weighted by Crippen LogP contribution is -2.44. The summed E-state index contributed by atoms with van der Waals surface area (Å²) in [6.45, 7) is 0.923. The molecule has 0 unspecified atom stereocenters. The number of hydrogen-bond acceptors (Lipinski definition) is 5. The monoisotopic (exact) mass is 341 g/mol. The number of piperidine rings is 1. The molecule has 2 N–H and O–H groups in total. The summed E-state index contributed by atoms with van der Waals surface area (Å²) in [7, 11) is 1.76. The molecule has 0 atom stereocenters. The maximum Gasteiger partial charge on any atom is 0.252 e. The van der Waals surface area contributed by atoms with Crippen molar-refractivity contribution >= 4 is 15.9 Å². The number of ether oxygens (including phenoxy) is 1. The summed E-state index contributed by atoms with van der Waals surface area (Å²) in [4.78, 5) is 13.7. The van der Waals surface area contributed by atoms with Crippen LogP contribution in [0.2, 0.25) is 0 Å². The number of hydrogen-bond donors (Lipinski definition) is 1. The van der Waals surface area contributed by atoms with Crippen molar-refractivity contribution in [2.75, 3.05) is 34.3 Å². The fourth-order valence-corrected chi connectivity index (χ4v) is 4.28. The molecular weight excluding hydrogens is 318 g/mol. The van der Waals surface area contributed by atoms with Gasteiger partial charge in [-0.15, -0.1) is 0 Å². The third kappa shape index (κ3) is 3.65. The van der Waals surface area contributed by atoms with Crippen molar-refractivity contribution in [3.05, 3.63) is 23.8 Å². The summed E-state index contributed by atoms with van der Waals surface area (Å²) in [5.41, 5.74) is 5.37. The Bertz CT molecular complexity index is 680. The average molecular weight is 341 g/mol. The van der Waals surface area contributed by atoms with Crippen molar-refractivity contribution in [2.24, 2.45) is 5.73 Å². The fourth-order valence-electron chi connectivity index (χ4n) is 2.79. The Balaban J connectivity index is 2.27. The van der Waals surface area contributed by atoms with Gasteiger partial charge >= 0.3 is 0 Å². The van der Waals surface area contributed by atoms with Gasteiger partial charge in [0.25, 0.3) is 5.91 Å². The summed E-state index contributed by atoms with van der Waals surface area (Å²) in [6.07, 6.45) is 1.57. The number of nitrogens with two attached hydrogens (primary N) is 1. The molecule has 1 fully saturated rings. The number of amides is 1. The van der Waals surface area contributed by atoms with Crippen molar-refractivity contribution in [2.45, 2.75) is 23.8 Å². The zero-order valence-corrected chi connectivity index (χ0v) is 14.5. The number of primary amides is 1. The van der Waals surface area contributed by atoms with E-state index < -0.39 is 15.9 Å². The quantitative estimate of drug-likeness (QED) is 0.842. The van der Waals surface area contributed by atoms with Crippen molar-refractivity contribution in [3.8, 4) is 5.75 Å². The summed E-state index contributed by atoms with van der Waals surface area (Å²) >= 11 is 0. The van der Waals surface area contributed by atoms with Crippen LogP contribution in [-0.2, 0) is 10.0 Å². The van der Waals surface area contributed by atoms with Gasteiger partial charge in [0.15, 0.2) is 0 Å². The molecule has 1 saturated heterocycles. The first-order valence-corrected chi connectivity index (χ1v) is 8.85. The number of sulfonamides is 1. The molecule has 0 aromatic heterocycles. The van der Waals surface area contributed by atoms with Gasteiger partial charge in [-0.1, -0.05) is 0 Å². The second-order valence-corrected chi connectivity index (χ2v) is 7.76. The van der Waals surface area contributed by atoms with Crippen LogP contribution in [0, 0.1) is 0 Å². The van der Waals surface area contributed by atoms with E-state index in [2.05, 4.69) is 4.90 Å². The highest BCUT2D eigenvalue weighted by Gasteiger charge is 2.30. The number of rotatable bonds is 5. The van der Waals surface area contributed by atoms with E-state index in [1.807, 2.05) is 14.1 Å². The lowest BCUT2D eigenvalue weighted by Gasteiger charge is -2.34. The topological polar surface area (TPSA) is 92.9 Å². The molecule has 2 rings (SSSR count). The number of carbonyl (C=O) groups is 1. The predicted molar refractivity (Wildman–Crippen MR) is 87.0 cm³/mol. The second kappa shape index (κ2) is 6.86. The number of carbonyl (C=O) groups excluding carboxylic acids is 1. The maximum absolute atomic E-state index is 12.8. The van der Waals surface area contributed by atoms with E-state index in [1.54, 1.807) is 0 Å². The molecule has 0 bridgehead atoms. The first-order chi connectivity index (χ1) is 10.8. The number of benzene rings is 1. The van der Waals surface area contributed by atoms with E-state index in [9.17, 15) is 13.2 Å². The highest BCUT2D eigenvalue weighted by molar-refractivity contribution is 7.89. The Morgan fingerprint density at radius 2 is 1.91 bits per heavy atom. The van der Waals surface area contributed by atoms with E-state index in [-0.39, 0.29) is 16.2 Å². The third-order valence-electron chi connectivity index (χ3n) is 4.23. The predicted octanol–water partition coefficient (Wildman–Crippen LogP) is 0.509. The Hall–Kier alpha value is -1.64. The molecule has 8 heteroatoms.